The number of nitrogen functional groups attached to an aromatic ring is 2. The quantitative estimate of drug-likeness (QED) is 0.0911. The summed E-state index contributed by atoms with van der Waals surface area (Å²) >= 11 is 0. The van der Waals surface area contributed by atoms with Gasteiger partial charge in [0.05, 0.1) is 23.8 Å². The van der Waals surface area contributed by atoms with Gasteiger partial charge < -0.3 is 38.3 Å². The van der Waals surface area contributed by atoms with Gasteiger partial charge in [-0.15, -0.1) is 0 Å². The Kier molecular flexibility index (Phi) is 14.2. The van der Waals surface area contributed by atoms with Crippen molar-refractivity contribution in [3.05, 3.63) is 118 Å². The molecule has 1 atom stereocenters. The number of nitrogens with zero attached hydrogens (tertiary/aromatic N) is 5. The minimum absolute atomic E-state index is 0.0374. The summed E-state index contributed by atoms with van der Waals surface area (Å²) in [6.45, 7) is 11.6. The summed E-state index contributed by atoms with van der Waals surface area (Å²) in [4.78, 5) is 50.7. The number of likely N-dealkylation sites (N-methyl/N-ethyl adjacent to an activating group) is 1. The molecular weight excluding hydrogens is 775 g/mol. The highest BCUT2D eigenvalue weighted by atomic mass is 16.4. The number of carbonyl (C=O) groups excluding carboxylic acids is 3. The van der Waals surface area contributed by atoms with E-state index in [4.69, 9.17) is 22.3 Å². The van der Waals surface area contributed by atoms with Gasteiger partial charge in [0.25, 0.3) is 17.7 Å². The van der Waals surface area contributed by atoms with E-state index >= 15 is 0 Å². The lowest BCUT2D eigenvalue weighted by Gasteiger charge is -2.20. The van der Waals surface area contributed by atoms with Gasteiger partial charge in [-0.1, -0.05) is 43.3 Å². The largest absolute Gasteiger partial charge is 0.477 e. The zero-order valence-electron chi connectivity index (χ0n) is 35.3. The second kappa shape index (κ2) is 19.7. The van der Waals surface area contributed by atoms with Crippen LogP contribution < -0.4 is 33.2 Å². The zero-order valence-corrected chi connectivity index (χ0v) is 35.3. The molecule has 3 fully saturated rings. The van der Waals surface area contributed by atoms with Crippen molar-refractivity contribution in [1.82, 2.24) is 40.4 Å². The van der Waals surface area contributed by atoms with E-state index in [1.54, 1.807) is 30.3 Å². The van der Waals surface area contributed by atoms with Gasteiger partial charge in [-0.05, 0) is 119 Å². The van der Waals surface area contributed by atoms with E-state index in [-0.39, 0.29) is 47.0 Å². The Morgan fingerprint density at radius 3 is 1.70 bits per heavy atom. The van der Waals surface area contributed by atoms with Crippen molar-refractivity contribution in [2.45, 2.75) is 90.9 Å². The van der Waals surface area contributed by atoms with Gasteiger partial charge in [-0.3, -0.25) is 19.3 Å². The highest BCUT2D eigenvalue weighted by Crippen LogP contribution is 2.25. The molecule has 16 heteroatoms. The van der Waals surface area contributed by atoms with Crippen molar-refractivity contribution < 1.29 is 24.3 Å². The van der Waals surface area contributed by atoms with E-state index in [0.717, 1.165) is 54.5 Å². The van der Waals surface area contributed by atoms with Crippen LogP contribution in [0.25, 0.3) is 11.4 Å². The molecule has 8 rings (SSSR count). The van der Waals surface area contributed by atoms with Crippen molar-refractivity contribution in [3.8, 4) is 11.4 Å². The van der Waals surface area contributed by atoms with Gasteiger partial charge in [0, 0.05) is 42.3 Å². The van der Waals surface area contributed by atoms with Crippen LogP contribution in [0.1, 0.15) is 109 Å². The van der Waals surface area contributed by atoms with E-state index < -0.39 is 5.97 Å². The third kappa shape index (κ3) is 11.0. The van der Waals surface area contributed by atoms with Crippen LogP contribution in [-0.2, 0) is 6.54 Å². The van der Waals surface area contributed by atoms with E-state index in [1.807, 2.05) is 51.1 Å². The molecule has 3 aliphatic rings. The molecule has 1 unspecified atom stereocenters. The zero-order chi connectivity index (χ0) is 43.8. The Morgan fingerprint density at radius 2 is 1.25 bits per heavy atom. The maximum Gasteiger partial charge on any atom is 0.341 e. The summed E-state index contributed by atoms with van der Waals surface area (Å²) in [5, 5.41) is 26.2. The molecule has 5 aromatic rings. The van der Waals surface area contributed by atoms with E-state index in [9.17, 15) is 19.2 Å². The van der Waals surface area contributed by atoms with E-state index in [2.05, 4.69) is 38.0 Å². The smallest absolute Gasteiger partial charge is 0.341 e. The fourth-order valence-electron chi connectivity index (χ4n) is 7.05. The first-order valence-corrected chi connectivity index (χ1v) is 20.8. The maximum absolute atomic E-state index is 12.7. The van der Waals surface area contributed by atoms with Crippen molar-refractivity contribution in [1.29, 1.82) is 0 Å². The van der Waals surface area contributed by atoms with Gasteiger partial charge in [0.2, 0.25) is 0 Å². The molecule has 0 spiro atoms. The number of aryl methyl sites for hydroxylation is 3. The molecule has 3 amide bonds. The molecule has 16 nitrogen and oxygen atoms in total. The molecule has 2 saturated carbocycles. The first-order chi connectivity index (χ1) is 29.3. The number of carboxylic acids is 1. The standard InChI is InChI=1S/C23H25N5O2.C15H16N4O3.C7H16N2/c1-14-5-3-4-6-17(14)12-25-23(30)19-13-26-28(21(19)24)20-11-16(8-7-15(20)2)22(29)27-18-9-10-18;1-8-2-3-9(14(20)18-10-4-5-10)6-12(8)19-13(16)11(7-17-19)15(21)22;1-2-9-5-3-4-7(9)6-8/h3-8,11,13,18H,9-10,12,24H2,1-2H3,(H,25,30)(H,27,29);2-3,6-7,10H,4-5,16H2,1H3,(H,18,20)(H,21,22);7H,2-6,8H2,1H3. The molecule has 322 valence electrons. The summed E-state index contributed by atoms with van der Waals surface area (Å²) in [6.07, 6.45) is 9.39. The second-order valence-electron chi connectivity index (χ2n) is 15.8. The molecule has 2 aromatic heterocycles. The normalized spacial score (nSPS) is 15.8. The summed E-state index contributed by atoms with van der Waals surface area (Å²) in [7, 11) is 0. The lowest BCUT2D eigenvalue weighted by Crippen LogP contribution is -2.34. The molecule has 2 aliphatic carbocycles. The third-order valence-electron chi connectivity index (χ3n) is 11.2. The number of anilines is 2. The molecule has 1 saturated heterocycles. The van der Waals surface area contributed by atoms with E-state index in [1.165, 1.54) is 47.7 Å². The van der Waals surface area contributed by atoms with Crippen LogP contribution >= 0.6 is 0 Å². The van der Waals surface area contributed by atoms with Crippen LogP contribution in [0, 0.1) is 20.8 Å². The molecule has 3 aromatic carbocycles. The Bertz CT molecular complexity index is 2370. The van der Waals surface area contributed by atoms with Crippen LogP contribution in [0.15, 0.2) is 73.1 Å². The monoisotopic (exact) mass is 831 g/mol. The second-order valence-corrected chi connectivity index (χ2v) is 15.8. The number of rotatable bonds is 12. The van der Waals surface area contributed by atoms with Crippen molar-refractivity contribution in [3.63, 3.8) is 0 Å². The van der Waals surface area contributed by atoms with Crippen LogP contribution in [0.5, 0.6) is 0 Å². The molecular formula is C45H57N11O5. The van der Waals surface area contributed by atoms with Crippen LogP contribution in [0.2, 0.25) is 0 Å². The van der Waals surface area contributed by atoms with Crippen molar-refractivity contribution in [2.75, 3.05) is 31.1 Å². The van der Waals surface area contributed by atoms with Crippen LogP contribution in [-0.4, -0.2) is 91.0 Å². The minimum atomic E-state index is -1.14. The fourth-order valence-corrected chi connectivity index (χ4v) is 7.05. The average Bonchev–Trinajstić information content (AvgIpc) is 4.12. The van der Waals surface area contributed by atoms with Gasteiger partial charge in [-0.2, -0.15) is 10.2 Å². The number of amides is 3. The SMILES string of the molecule is CCN1CCCC1CN.Cc1ccc(C(=O)NC2CC2)cc1-n1ncc(C(=O)O)c1N.Cc1ccccc1CNC(=O)c1cnn(-c2cc(C(=O)NC3CC3)ccc2C)c1N. The lowest BCUT2D eigenvalue weighted by atomic mass is 10.1. The Morgan fingerprint density at radius 1 is 0.721 bits per heavy atom. The van der Waals surface area contributed by atoms with Gasteiger partial charge in [-0.25, -0.2) is 14.2 Å². The number of benzene rings is 3. The number of nitrogens with two attached hydrogens (primary N) is 3. The Balaban J connectivity index is 0.000000175. The number of carboxylic acid groups (broad SMARTS) is 1. The van der Waals surface area contributed by atoms with E-state index in [0.29, 0.717) is 40.7 Å². The van der Waals surface area contributed by atoms with Gasteiger partial charge in [0.1, 0.15) is 22.8 Å². The number of nitrogens with one attached hydrogen (secondary N) is 3. The number of aromatic carboxylic acids is 1. The molecule has 3 heterocycles. The molecule has 1 aliphatic heterocycles. The molecule has 61 heavy (non-hydrogen) atoms. The van der Waals surface area contributed by atoms with Crippen molar-refractivity contribution >= 4 is 35.3 Å². The minimum Gasteiger partial charge on any atom is -0.477 e. The topological polar surface area (TPSA) is 242 Å². The summed E-state index contributed by atoms with van der Waals surface area (Å²) in [5.41, 5.74) is 24.1. The molecule has 0 bridgehead atoms. The highest BCUT2D eigenvalue weighted by molar-refractivity contribution is 5.99. The third-order valence-corrected chi connectivity index (χ3v) is 11.2. The Hall–Kier alpha value is -6.52. The lowest BCUT2D eigenvalue weighted by molar-refractivity contribution is 0.0697. The first-order valence-electron chi connectivity index (χ1n) is 20.8. The van der Waals surface area contributed by atoms with Crippen LogP contribution in [0.4, 0.5) is 11.6 Å². The van der Waals surface area contributed by atoms with Gasteiger partial charge >= 0.3 is 5.97 Å². The summed E-state index contributed by atoms with van der Waals surface area (Å²) in [5.74, 6) is -1.41. The van der Waals surface area contributed by atoms with Gasteiger partial charge in [0.15, 0.2) is 0 Å². The number of hydrogen-bond donors (Lipinski definition) is 7. The average molecular weight is 832 g/mol. The number of likely N-dealkylation sites (tertiary alicyclic amines) is 1. The predicted molar refractivity (Wildman–Crippen MR) is 235 cm³/mol. The molecule has 10 N–H and O–H groups in total. The fraction of sp³-hybridized carbons (Fsp3) is 0.378. The number of carbonyl (C=O) groups is 4. The Labute approximate surface area is 355 Å². The number of aromatic nitrogens is 4. The highest BCUT2D eigenvalue weighted by Gasteiger charge is 2.26. The first kappa shape index (κ1) is 44.0. The summed E-state index contributed by atoms with van der Waals surface area (Å²) in [6, 6.07) is 19.7. The summed E-state index contributed by atoms with van der Waals surface area (Å²) < 4.78 is 2.85. The van der Waals surface area contributed by atoms with Crippen molar-refractivity contribution in [2.24, 2.45) is 5.73 Å². The molecule has 0 radical (unpaired) electrons. The predicted octanol–water partition coefficient (Wildman–Crippen LogP) is 4.68. The maximum atomic E-state index is 12.7. The van der Waals surface area contributed by atoms with Crippen LogP contribution in [0.3, 0.4) is 0 Å². The number of hydrogen-bond acceptors (Lipinski definition) is 10.